The maximum absolute atomic E-state index is 13.1. The van der Waals surface area contributed by atoms with Crippen molar-refractivity contribution in [1.29, 1.82) is 0 Å². The maximum atomic E-state index is 13.1. The number of rotatable bonds is 1. The fourth-order valence-corrected chi connectivity index (χ4v) is 1.60. The molecule has 0 bridgehead atoms. The summed E-state index contributed by atoms with van der Waals surface area (Å²) >= 11 is 5.73. The Morgan fingerprint density at radius 1 is 1.00 bits per heavy atom. The molecule has 0 heterocycles. The Balaban J connectivity index is 2.60. The number of benzene rings is 2. The molecule has 0 aliphatic rings. The molecule has 2 aromatic rings. The number of anilines is 1. The molecule has 0 aliphatic carbocycles. The molecular formula is C12H9ClFN. The van der Waals surface area contributed by atoms with Crippen molar-refractivity contribution in [3.8, 4) is 11.1 Å². The van der Waals surface area contributed by atoms with E-state index in [-0.39, 0.29) is 10.7 Å². The van der Waals surface area contributed by atoms with Crippen LogP contribution in [0, 0.1) is 5.82 Å². The van der Waals surface area contributed by atoms with Gasteiger partial charge < -0.3 is 5.73 Å². The minimum absolute atomic E-state index is 0.0173. The van der Waals surface area contributed by atoms with Gasteiger partial charge >= 0.3 is 0 Å². The molecule has 15 heavy (non-hydrogen) atoms. The molecule has 1 nitrogen and oxygen atoms in total. The third-order valence-electron chi connectivity index (χ3n) is 2.22. The van der Waals surface area contributed by atoms with Gasteiger partial charge in [0.05, 0.1) is 10.7 Å². The maximum Gasteiger partial charge on any atom is 0.143 e. The summed E-state index contributed by atoms with van der Waals surface area (Å²) in [7, 11) is 0. The summed E-state index contributed by atoms with van der Waals surface area (Å²) in [5.74, 6) is -0.492. The number of hydrogen-bond donors (Lipinski definition) is 1. The van der Waals surface area contributed by atoms with Crippen LogP contribution < -0.4 is 5.73 Å². The predicted molar refractivity (Wildman–Crippen MR) is 61.3 cm³/mol. The van der Waals surface area contributed by atoms with Crippen molar-refractivity contribution in [3.63, 3.8) is 0 Å². The van der Waals surface area contributed by atoms with Crippen LogP contribution in [0.2, 0.25) is 5.02 Å². The zero-order chi connectivity index (χ0) is 10.8. The lowest BCUT2D eigenvalue weighted by Gasteiger charge is -2.07. The Morgan fingerprint density at radius 3 is 2.33 bits per heavy atom. The van der Waals surface area contributed by atoms with Crippen LogP contribution in [0.15, 0.2) is 42.5 Å². The molecule has 2 aromatic carbocycles. The van der Waals surface area contributed by atoms with Gasteiger partial charge in [0.25, 0.3) is 0 Å². The number of hydrogen-bond acceptors (Lipinski definition) is 1. The third-order valence-corrected chi connectivity index (χ3v) is 2.60. The van der Waals surface area contributed by atoms with Crippen LogP contribution in [-0.2, 0) is 0 Å². The molecule has 0 fully saturated rings. The van der Waals surface area contributed by atoms with E-state index in [1.807, 2.05) is 30.3 Å². The molecule has 0 atom stereocenters. The molecule has 0 saturated carbocycles. The van der Waals surface area contributed by atoms with E-state index in [4.69, 9.17) is 17.3 Å². The van der Waals surface area contributed by atoms with Gasteiger partial charge in [0.2, 0.25) is 0 Å². The van der Waals surface area contributed by atoms with Crippen LogP contribution in [0.5, 0.6) is 0 Å². The van der Waals surface area contributed by atoms with Crippen LogP contribution in [0.3, 0.4) is 0 Å². The second-order valence-electron chi connectivity index (χ2n) is 3.19. The smallest absolute Gasteiger partial charge is 0.143 e. The van der Waals surface area contributed by atoms with Crippen molar-refractivity contribution in [1.82, 2.24) is 0 Å². The largest absolute Gasteiger partial charge is 0.397 e. The molecule has 0 aliphatic heterocycles. The molecule has 2 rings (SSSR count). The summed E-state index contributed by atoms with van der Waals surface area (Å²) in [6, 6.07) is 12.5. The quantitative estimate of drug-likeness (QED) is 0.730. The first-order chi connectivity index (χ1) is 7.20. The van der Waals surface area contributed by atoms with Gasteiger partial charge in [-0.2, -0.15) is 0 Å². The second kappa shape index (κ2) is 3.91. The fraction of sp³-hybridized carbons (Fsp3) is 0. The van der Waals surface area contributed by atoms with Crippen molar-refractivity contribution in [2.75, 3.05) is 5.73 Å². The molecule has 2 N–H and O–H groups in total. The topological polar surface area (TPSA) is 26.0 Å². The van der Waals surface area contributed by atoms with Crippen molar-refractivity contribution >= 4 is 17.3 Å². The van der Waals surface area contributed by atoms with Crippen LogP contribution in [0.1, 0.15) is 0 Å². The Bertz CT molecular complexity index is 482. The Kier molecular flexibility index (Phi) is 2.60. The lowest BCUT2D eigenvalue weighted by atomic mass is 10.0. The first-order valence-electron chi connectivity index (χ1n) is 4.49. The second-order valence-corrected chi connectivity index (χ2v) is 3.57. The van der Waals surface area contributed by atoms with E-state index >= 15 is 0 Å². The first-order valence-corrected chi connectivity index (χ1v) is 4.87. The highest BCUT2D eigenvalue weighted by molar-refractivity contribution is 6.33. The molecule has 0 unspecified atom stereocenters. The average Bonchev–Trinajstić information content (AvgIpc) is 2.27. The minimum atomic E-state index is -0.492. The molecular weight excluding hydrogens is 213 g/mol. The van der Waals surface area contributed by atoms with Gasteiger partial charge in [0.1, 0.15) is 5.82 Å². The van der Waals surface area contributed by atoms with Gasteiger partial charge in [-0.3, -0.25) is 0 Å². The minimum Gasteiger partial charge on any atom is -0.397 e. The normalized spacial score (nSPS) is 10.3. The van der Waals surface area contributed by atoms with Gasteiger partial charge in [0.15, 0.2) is 0 Å². The molecule has 0 amide bonds. The van der Waals surface area contributed by atoms with Crippen molar-refractivity contribution in [3.05, 3.63) is 53.3 Å². The van der Waals surface area contributed by atoms with E-state index in [1.165, 1.54) is 6.07 Å². The third kappa shape index (κ3) is 1.81. The summed E-state index contributed by atoms with van der Waals surface area (Å²) < 4.78 is 13.1. The summed E-state index contributed by atoms with van der Waals surface area (Å²) in [4.78, 5) is 0. The molecule has 0 spiro atoms. The average molecular weight is 222 g/mol. The zero-order valence-electron chi connectivity index (χ0n) is 7.87. The standard InChI is InChI=1S/C12H9ClFN/c13-11-10(14)7-6-9(12(11)15)8-4-2-1-3-5-8/h1-7H,15H2. The van der Waals surface area contributed by atoms with Gasteiger partial charge in [-0.15, -0.1) is 0 Å². The highest BCUT2D eigenvalue weighted by Gasteiger charge is 2.09. The number of nitrogen functional groups attached to an aromatic ring is 1. The molecule has 76 valence electrons. The molecule has 0 saturated heterocycles. The van der Waals surface area contributed by atoms with E-state index in [0.29, 0.717) is 0 Å². The summed E-state index contributed by atoms with van der Waals surface area (Å²) in [5.41, 5.74) is 7.70. The Labute approximate surface area is 92.3 Å². The van der Waals surface area contributed by atoms with Gasteiger partial charge in [-0.05, 0) is 17.7 Å². The van der Waals surface area contributed by atoms with Crippen molar-refractivity contribution in [2.45, 2.75) is 0 Å². The van der Waals surface area contributed by atoms with Crippen LogP contribution in [-0.4, -0.2) is 0 Å². The summed E-state index contributed by atoms with van der Waals surface area (Å²) in [6.07, 6.45) is 0. The van der Waals surface area contributed by atoms with Crippen LogP contribution in [0.25, 0.3) is 11.1 Å². The molecule has 0 radical (unpaired) electrons. The van der Waals surface area contributed by atoms with Gasteiger partial charge in [-0.25, -0.2) is 4.39 Å². The number of nitrogens with two attached hydrogens (primary N) is 1. The zero-order valence-corrected chi connectivity index (χ0v) is 8.63. The van der Waals surface area contributed by atoms with E-state index in [9.17, 15) is 4.39 Å². The van der Waals surface area contributed by atoms with E-state index < -0.39 is 5.82 Å². The highest BCUT2D eigenvalue weighted by atomic mass is 35.5. The number of halogens is 2. The van der Waals surface area contributed by atoms with Crippen molar-refractivity contribution in [2.24, 2.45) is 0 Å². The SMILES string of the molecule is Nc1c(-c2ccccc2)ccc(F)c1Cl. The van der Waals surface area contributed by atoms with Gasteiger partial charge in [0, 0.05) is 5.56 Å². The monoisotopic (exact) mass is 221 g/mol. The predicted octanol–water partition coefficient (Wildman–Crippen LogP) is 3.73. The Hall–Kier alpha value is -1.54. The summed E-state index contributed by atoms with van der Waals surface area (Å²) in [6.45, 7) is 0. The highest BCUT2D eigenvalue weighted by Crippen LogP contribution is 2.32. The van der Waals surface area contributed by atoms with E-state index in [1.54, 1.807) is 6.07 Å². The Morgan fingerprint density at radius 2 is 1.67 bits per heavy atom. The van der Waals surface area contributed by atoms with Crippen LogP contribution in [0.4, 0.5) is 10.1 Å². The first kappa shape index (κ1) is 9.99. The van der Waals surface area contributed by atoms with Gasteiger partial charge in [-0.1, -0.05) is 41.9 Å². The van der Waals surface area contributed by atoms with Crippen LogP contribution >= 0.6 is 11.6 Å². The molecule has 0 aromatic heterocycles. The lowest BCUT2D eigenvalue weighted by Crippen LogP contribution is -1.93. The van der Waals surface area contributed by atoms with E-state index in [2.05, 4.69) is 0 Å². The fourth-order valence-electron chi connectivity index (χ4n) is 1.44. The van der Waals surface area contributed by atoms with E-state index in [0.717, 1.165) is 11.1 Å². The van der Waals surface area contributed by atoms with Crippen molar-refractivity contribution < 1.29 is 4.39 Å². The summed E-state index contributed by atoms with van der Waals surface area (Å²) in [5, 5.41) is -0.0173. The molecule has 3 heteroatoms. The lowest BCUT2D eigenvalue weighted by molar-refractivity contribution is 0.629.